The van der Waals surface area contributed by atoms with Gasteiger partial charge in [0.25, 0.3) is 0 Å². The van der Waals surface area contributed by atoms with Gasteiger partial charge in [-0.1, -0.05) is 18.2 Å². The van der Waals surface area contributed by atoms with Crippen LogP contribution in [-0.2, 0) is 11.2 Å². The van der Waals surface area contributed by atoms with Crippen molar-refractivity contribution in [3.05, 3.63) is 29.8 Å². The number of benzene rings is 1. The number of carboxylic acids is 1. The molecule has 0 aliphatic heterocycles. The van der Waals surface area contributed by atoms with Gasteiger partial charge in [-0.15, -0.1) is 0 Å². The normalized spacial score (nSPS) is 11.2. The first-order valence-electron chi connectivity index (χ1n) is 5.52. The van der Waals surface area contributed by atoms with Gasteiger partial charge in [-0.25, -0.2) is 0 Å². The molecule has 0 spiro atoms. The predicted octanol–water partition coefficient (Wildman–Crippen LogP) is 1.71. The molecular formula is C13H18O4. The van der Waals surface area contributed by atoms with Crippen LogP contribution in [0.4, 0.5) is 0 Å². The van der Waals surface area contributed by atoms with Crippen molar-refractivity contribution in [2.75, 3.05) is 13.2 Å². The minimum absolute atomic E-state index is 0.0443. The van der Waals surface area contributed by atoms with E-state index in [0.717, 1.165) is 5.56 Å². The van der Waals surface area contributed by atoms with E-state index in [-0.39, 0.29) is 13.2 Å². The molecule has 0 unspecified atom stereocenters. The van der Waals surface area contributed by atoms with Crippen molar-refractivity contribution < 1.29 is 19.7 Å². The van der Waals surface area contributed by atoms with Crippen LogP contribution in [0.25, 0.3) is 0 Å². The molecule has 1 aromatic carbocycles. The molecule has 0 saturated carbocycles. The van der Waals surface area contributed by atoms with Gasteiger partial charge in [-0.05, 0) is 31.9 Å². The number of hydrogen-bond acceptors (Lipinski definition) is 3. The Balaban J connectivity index is 2.72. The number of hydrogen-bond donors (Lipinski definition) is 2. The van der Waals surface area contributed by atoms with E-state index < -0.39 is 11.4 Å². The molecule has 0 atom stereocenters. The fourth-order valence-corrected chi connectivity index (χ4v) is 1.29. The first kappa shape index (κ1) is 13.5. The Morgan fingerprint density at radius 3 is 2.59 bits per heavy atom. The highest BCUT2D eigenvalue weighted by atomic mass is 16.5. The number of aliphatic hydroxyl groups excluding tert-OH is 1. The van der Waals surface area contributed by atoms with Gasteiger partial charge in [0.1, 0.15) is 12.4 Å². The van der Waals surface area contributed by atoms with E-state index in [1.807, 2.05) is 18.2 Å². The fraction of sp³-hybridized carbons (Fsp3) is 0.462. The molecule has 0 fully saturated rings. The maximum absolute atomic E-state index is 10.9. The topological polar surface area (TPSA) is 66.8 Å². The highest BCUT2D eigenvalue weighted by Gasteiger charge is 2.28. The molecule has 94 valence electrons. The maximum Gasteiger partial charge on any atom is 0.312 e. The van der Waals surface area contributed by atoms with E-state index in [1.165, 1.54) is 0 Å². The number of rotatable bonds is 6. The molecule has 0 saturated heterocycles. The molecule has 1 rings (SSSR count). The second-order valence-electron chi connectivity index (χ2n) is 4.56. The SMILES string of the molecule is CC(C)(COc1ccccc1CCO)C(=O)O. The van der Waals surface area contributed by atoms with E-state index >= 15 is 0 Å². The van der Waals surface area contributed by atoms with Crippen LogP contribution < -0.4 is 4.74 Å². The summed E-state index contributed by atoms with van der Waals surface area (Å²) in [7, 11) is 0. The molecule has 0 amide bonds. The molecule has 0 aliphatic rings. The van der Waals surface area contributed by atoms with E-state index in [9.17, 15) is 4.79 Å². The van der Waals surface area contributed by atoms with Crippen molar-refractivity contribution in [2.45, 2.75) is 20.3 Å². The fourth-order valence-electron chi connectivity index (χ4n) is 1.29. The van der Waals surface area contributed by atoms with Crippen LogP contribution in [0.1, 0.15) is 19.4 Å². The number of para-hydroxylation sites is 1. The highest BCUT2D eigenvalue weighted by molar-refractivity contribution is 5.73. The first-order chi connectivity index (χ1) is 7.97. The lowest BCUT2D eigenvalue weighted by atomic mass is 9.95. The van der Waals surface area contributed by atoms with Crippen LogP contribution in [0.3, 0.4) is 0 Å². The third kappa shape index (κ3) is 3.75. The molecule has 0 radical (unpaired) electrons. The summed E-state index contributed by atoms with van der Waals surface area (Å²) < 4.78 is 5.52. The van der Waals surface area contributed by atoms with Gasteiger partial charge in [0.15, 0.2) is 0 Å². The lowest BCUT2D eigenvalue weighted by molar-refractivity contribution is -0.148. The number of carboxylic acid groups (broad SMARTS) is 1. The van der Waals surface area contributed by atoms with Crippen LogP contribution in [0.15, 0.2) is 24.3 Å². The number of aliphatic carboxylic acids is 1. The highest BCUT2D eigenvalue weighted by Crippen LogP contribution is 2.22. The molecule has 4 heteroatoms. The van der Waals surface area contributed by atoms with E-state index in [4.69, 9.17) is 14.9 Å². The Morgan fingerprint density at radius 2 is 2.00 bits per heavy atom. The van der Waals surface area contributed by atoms with Crippen molar-refractivity contribution >= 4 is 5.97 Å². The van der Waals surface area contributed by atoms with Crippen LogP contribution in [0.5, 0.6) is 5.75 Å². The quantitative estimate of drug-likeness (QED) is 0.791. The zero-order valence-corrected chi connectivity index (χ0v) is 10.1. The Bertz CT molecular complexity index is 385. The van der Waals surface area contributed by atoms with E-state index in [2.05, 4.69) is 0 Å². The van der Waals surface area contributed by atoms with Crippen molar-refractivity contribution in [1.82, 2.24) is 0 Å². The molecule has 1 aromatic rings. The summed E-state index contributed by atoms with van der Waals surface area (Å²) in [4.78, 5) is 10.9. The Morgan fingerprint density at radius 1 is 1.35 bits per heavy atom. The Labute approximate surface area is 101 Å². The first-order valence-corrected chi connectivity index (χ1v) is 5.52. The smallest absolute Gasteiger partial charge is 0.312 e. The van der Waals surface area contributed by atoms with Crippen LogP contribution in [0, 0.1) is 5.41 Å². The lowest BCUT2D eigenvalue weighted by Crippen LogP contribution is -2.30. The molecule has 0 heterocycles. The Hall–Kier alpha value is -1.55. The zero-order valence-electron chi connectivity index (χ0n) is 10.1. The minimum Gasteiger partial charge on any atom is -0.492 e. The summed E-state index contributed by atoms with van der Waals surface area (Å²) in [5.41, 5.74) is -0.0389. The summed E-state index contributed by atoms with van der Waals surface area (Å²) in [6.45, 7) is 3.38. The number of ether oxygens (including phenoxy) is 1. The monoisotopic (exact) mass is 238 g/mol. The van der Waals surface area contributed by atoms with Gasteiger partial charge >= 0.3 is 5.97 Å². The zero-order chi connectivity index (χ0) is 12.9. The van der Waals surface area contributed by atoms with Gasteiger partial charge in [0.2, 0.25) is 0 Å². The minimum atomic E-state index is -0.924. The van der Waals surface area contributed by atoms with Gasteiger partial charge in [-0.2, -0.15) is 0 Å². The summed E-state index contributed by atoms with van der Waals surface area (Å²) in [5, 5.41) is 17.9. The lowest BCUT2D eigenvalue weighted by Gasteiger charge is -2.20. The van der Waals surface area contributed by atoms with Crippen molar-refractivity contribution in [3.63, 3.8) is 0 Å². The van der Waals surface area contributed by atoms with Crippen molar-refractivity contribution in [3.8, 4) is 5.75 Å². The number of carbonyl (C=O) groups is 1. The average Bonchev–Trinajstić information content (AvgIpc) is 2.28. The van der Waals surface area contributed by atoms with E-state index in [1.54, 1.807) is 19.9 Å². The molecule has 0 aliphatic carbocycles. The van der Waals surface area contributed by atoms with Gasteiger partial charge in [0.05, 0.1) is 5.41 Å². The second kappa shape index (κ2) is 5.68. The molecule has 2 N–H and O–H groups in total. The van der Waals surface area contributed by atoms with Crippen molar-refractivity contribution in [2.24, 2.45) is 5.41 Å². The summed E-state index contributed by atoms with van der Waals surface area (Å²) in [6, 6.07) is 7.33. The maximum atomic E-state index is 10.9. The van der Waals surface area contributed by atoms with Crippen LogP contribution >= 0.6 is 0 Å². The van der Waals surface area contributed by atoms with E-state index in [0.29, 0.717) is 12.2 Å². The van der Waals surface area contributed by atoms with Gasteiger partial charge in [-0.3, -0.25) is 4.79 Å². The predicted molar refractivity (Wildman–Crippen MR) is 64.1 cm³/mol. The second-order valence-corrected chi connectivity index (χ2v) is 4.56. The largest absolute Gasteiger partial charge is 0.492 e. The summed E-state index contributed by atoms with van der Waals surface area (Å²) in [5.74, 6) is -0.256. The van der Waals surface area contributed by atoms with Crippen molar-refractivity contribution in [1.29, 1.82) is 0 Å². The third-order valence-electron chi connectivity index (χ3n) is 2.52. The number of aliphatic hydroxyl groups is 1. The van der Waals surface area contributed by atoms with Gasteiger partial charge in [0, 0.05) is 6.61 Å². The Kier molecular flexibility index (Phi) is 4.52. The van der Waals surface area contributed by atoms with Crippen LogP contribution in [0.2, 0.25) is 0 Å². The average molecular weight is 238 g/mol. The molecule has 0 bridgehead atoms. The summed E-state index contributed by atoms with van der Waals surface area (Å²) >= 11 is 0. The standard InChI is InChI=1S/C13H18O4/c1-13(2,12(15)16)9-17-11-6-4-3-5-10(11)7-8-14/h3-6,14H,7-9H2,1-2H3,(H,15,16). The molecule has 4 nitrogen and oxygen atoms in total. The molecule has 17 heavy (non-hydrogen) atoms. The van der Waals surface area contributed by atoms with Crippen LogP contribution in [-0.4, -0.2) is 29.4 Å². The molecule has 0 aromatic heterocycles. The van der Waals surface area contributed by atoms with Gasteiger partial charge < -0.3 is 14.9 Å². The molecular weight excluding hydrogens is 220 g/mol. The summed E-state index contributed by atoms with van der Waals surface area (Å²) in [6.07, 6.45) is 0.504. The third-order valence-corrected chi connectivity index (χ3v) is 2.52.